The minimum Gasteiger partial charge on any atom is -0.383 e. The van der Waals surface area contributed by atoms with Gasteiger partial charge < -0.3 is 15.8 Å². The Morgan fingerprint density at radius 3 is 3.00 bits per heavy atom. The summed E-state index contributed by atoms with van der Waals surface area (Å²) in [5.74, 6) is 0. The number of aryl methyl sites for hydroxylation is 1. The summed E-state index contributed by atoms with van der Waals surface area (Å²) < 4.78 is 4.98. The molecular weight excluding hydrogens is 188 g/mol. The van der Waals surface area contributed by atoms with E-state index in [1.807, 2.05) is 0 Å². The summed E-state index contributed by atoms with van der Waals surface area (Å²) in [7, 11) is 1.71. The molecule has 0 bridgehead atoms. The monoisotopic (exact) mass is 208 g/mol. The molecule has 0 aliphatic rings. The summed E-state index contributed by atoms with van der Waals surface area (Å²) in [6.45, 7) is 2.32. The Bertz CT molecular complexity index is 276. The van der Waals surface area contributed by atoms with Crippen molar-refractivity contribution in [2.24, 2.45) is 5.73 Å². The van der Waals surface area contributed by atoms with Crippen LogP contribution in [-0.2, 0) is 11.2 Å². The molecule has 15 heavy (non-hydrogen) atoms. The molecule has 3 heteroatoms. The van der Waals surface area contributed by atoms with Gasteiger partial charge in [-0.1, -0.05) is 12.1 Å². The first kappa shape index (κ1) is 12.0. The third-order valence-electron chi connectivity index (χ3n) is 2.23. The molecule has 0 heterocycles. The van der Waals surface area contributed by atoms with Gasteiger partial charge >= 0.3 is 0 Å². The molecule has 1 aromatic carbocycles. The molecule has 0 aliphatic carbocycles. The first-order valence-corrected chi connectivity index (χ1v) is 5.38. The van der Waals surface area contributed by atoms with E-state index >= 15 is 0 Å². The fourth-order valence-corrected chi connectivity index (χ4v) is 1.44. The van der Waals surface area contributed by atoms with E-state index in [1.165, 1.54) is 5.56 Å². The van der Waals surface area contributed by atoms with Crippen LogP contribution in [0.2, 0.25) is 0 Å². The number of nitrogens with one attached hydrogen (secondary N) is 1. The van der Waals surface area contributed by atoms with Gasteiger partial charge in [0.1, 0.15) is 0 Å². The molecule has 1 rings (SSSR count). The summed E-state index contributed by atoms with van der Waals surface area (Å²) >= 11 is 0. The largest absolute Gasteiger partial charge is 0.383 e. The highest BCUT2D eigenvalue weighted by molar-refractivity contribution is 5.45. The zero-order valence-electron chi connectivity index (χ0n) is 9.33. The summed E-state index contributed by atoms with van der Waals surface area (Å²) in [6.07, 6.45) is 2.10. The van der Waals surface area contributed by atoms with E-state index in [0.29, 0.717) is 0 Å². The van der Waals surface area contributed by atoms with Crippen LogP contribution in [0.4, 0.5) is 5.69 Å². The smallest absolute Gasteiger partial charge is 0.0635 e. The van der Waals surface area contributed by atoms with Crippen molar-refractivity contribution < 1.29 is 4.74 Å². The Morgan fingerprint density at radius 2 is 2.27 bits per heavy atom. The molecule has 0 amide bonds. The van der Waals surface area contributed by atoms with E-state index in [4.69, 9.17) is 10.5 Å². The third-order valence-corrected chi connectivity index (χ3v) is 2.23. The van der Waals surface area contributed by atoms with Crippen molar-refractivity contribution in [2.45, 2.75) is 12.8 Å². The van der Waals surface area contributed by atoms with Gasteiger partial charge in [0.25, 0.3) is 0 Å². The zero-order valence-corrected chi connectivity index (χ0v) is 9.33. The molecule has 0 fully saturated rings. The van der Waals surface area contributed by atoms with Gasteiger partial charge in [-0.25, -0.2) is 0 Å². The minimum absolute atomic E-state index is 0.729. The highest BCUT2D eigenvalue weighted by Gasteiger charge is 1.95. The van der Waals surface area contributed by atoms with Crippen LogP contribution in [0, 0.1) is 0 Å². The number of anilines is 1. The maximum atomic E-state index is 5.48. The molecular formula is C12H20N2O. The number of hydrogen-bond donors (Lipinski definition) is 2. The first-order chi connectivity index (χ1) is 7.36. The second-order valence-electron chi connectivity index (χ2n) is 3.51. The number of rotatable bonds is 7. The average molecular weight is 208 g/mol. The molecule has 0 saturated carbocycles. The number of nitrogens with two attached hydrogens (primary N) is 1. The fourth-order valence-electron chi connectivity index (χ4n) is 1.44. The van der Waals surface area contributed by atoms with Crippen molar-refractivity contribution in [1.82, 2.24) is 0 Å². The van der Waals surface area contributed by atoms with Crippen molar-refractivity contribution in [1.29, 1.82) is 0 Å². The van der Waals surface area contributed by atoms with E-state index in [9.17, 15) is 0 Å². The Morgan fingerprint density at radius 1 is 1.40 bits per heavy atom. The Kier molecular flexibility index (Phi) is 5.81. The van der Waals surface area contributed by atoms with Crippen molar-refractivity contribution in [3.8, 4) is 0 Å². The Hall–Kier alpha value is -1.06. The minimum atomic E-state index is 0.729. The van der Waals surface area contributed by atoms with E-state index in [0.717, 1.165) is 38.2 Å². The van der Waals surface area contributed by atoms with Crippen molar-refractivity contribution in [2.75, 3.05) is 32.1 Å². The molecule has 0 aliphatic heterocycles. The second kappa shape index (κ2) is 7.26. The van der Waals surface area contributed by atoms with Crippen LogP contribution in [-0.4, -0.2) is 26.8 Å². The van der Waals surface area contributed by atoms with Crippen LogP contribution in [0.15, 0.2) is 24.3 Å². The topological polar surface area (TPSA) is 47.3 Å². The lowest BCUT2D eigenvalue weighted by atomic mass is 10.1. The third kappa shape index (κ3) is 4.81. The van der Waals surface area contributed by atoms with Crippen LogP contribution in [0.1, 0.15) is 12.0 Å². The average Bonchev–Trinajstić information content (AvgIpc) is 2.27. The number of benzene rings is 1. The van der Waals surface area contributed by atoms with E-state index in [1.54, 1.807) is 7.11 Å². The SMILES string of the molecule is COCCNc1cccc(CCCN)c1. The van der Waals surface area contributed by atoms with Gasteiger partial charge in [-0.05, 0) is 37.1 Å². The molecule has 0 aromatic heterocycles. The van der Waals surface area contributed by atoms with Crippen LogP contribution in [0.5, 0.6) is 0 Å². The standard InChI is InChI=1S/C12H20N2O/c1-15-9-8-14-12-6-2-4-11(10-12)5-3-7-13/h2,4,6,10,14H,3,5,7-9,13H2,1H3. The summed E-state index contributed by atoms with van der Waals surface area (Å²) in [5, 5.41) is 3.31. The predicted molar refractivity (Wildman–Crippen MR) is 64.2 cm³/mol. The summed E-state index contributed by atoms with van der Waals surface area (Å²) in [4.78, 5) is 0. The Balaban J connectivity index is 2.42. The maximum Gasteiger partial charge on any atom is 0.0635 e. The van der Waals surface area contributed by atoms with E-state index < -0.39 is 0 Å². The molecule has 3 N–H and O–H groups in total. The number of methoxy groups -OCH3 is 1. The van der Waals surface area contributed by atoms with Gasteiger partial charge in [0, 0.05) is 19.3 Å². The lowest BCUT2D eigenvalue weighted by molar-refractivity contribution is 0.211. The van der Waals surface area contributed by atoms with Crippen LogP contribution < -0.4 is 11.1 Å². The predicted octanol–water partition coefficient (Wildman–Crippen LogP) is 1.64. The molecule has 3 nitrogen and oxygen atoms in total. The van der Waals surface area contributed by atoms with E-state index in [2.05, 4.69) is 29.6 Å². The molecule has 84 valence electrons. The maximum absolute atomic E-state index is 5.48. The summed E-state index contributed by atoms with van der Waals surface area (Å²) in [6, 6.07) is 8.45. The number of ether oxygens (including phenoxy) is 1. The normalized spacial score (nSPS) is 10.3. The van der Waals surface area contributed by atoms with Gasteiger partial charge in [0.15, 0.2) is 0 Å². The molecule has 0 radical (unpaired) electrons. The lowest BCUT2D eigenvalue weighted by Crippen LogP contribution is -2.07. The van der Waals surface area contributed by atoms with Crippen LogP contribution >= 0.6 is 0 Å². The molecule has 0 atom stereocenters. The van der Waals surface area contributed by atoms with Gasteiger partial charge in [-0.2, -0.15) is 0 Å². The molecule has 0 saturated heterocycles. The molecule has 0 spiro atoms. The zero-order chi connectivity index (χ0) is 10.9. The van der Waals surface area contributed by atoms with Crippen molar-refractivity contribution in [3.05, 3.63) is 29.8 Å². The molecule has 1 aromatic rings. The fraction of sp³-hybridized carbons (Fsp3) is 0.500. The van der Waals surface area contributed by atoms with Crippen molar-refractivity contribution >= 4 is 5.69 Å². The van der Waals surface area contributed by atoms with Crippen LogP contribution in [0.3, 0.4) is 0 Å². The second-order valence-corrected chi connectivity index (χ2v) is 3.51. The van der Waals surface area contributed by atoms with Gasteiger partial charge in [-0.3, -0.25) is 0 Å². The van der Waals surface area contributed by atoms with Gasteiger partial charge in [0.2, 0.25) is 0 Å². The first-order valence-electron chi connectivity index (χ1n) is 5.38. The highest BCUT2D eigenvalue weighted by atomic mass is 16.5. The van der Waals surface area contributed by atoms with Gasteiger partial charge in [0.05, 0.1) is 6.61 Å². The Labute approximate surface area is 91.6 Å². The lowest BCUT2D eigenvalue weighted by Gasteiger charge is -2.07. The van der Waals surface area contributed by atoms with Crippen molar-refractivity contribution in [3.63, 3.8) is 0 Å². The summed E-state index contributed by atoms with van der Waals surface area (Å²) in [5.41, 5.74) is 7.97. The quantitative estimate of drug-likeness (QED) is 0.670. The van der Waals surface area contributed by atoms with Gasteiger partial charge in [-0.15, -0.1) is 0 Å². The number of hydrogen-bond acceptors (Lipinski definition) is 3. The van der Waals surface area contributed by atoms with E-state index in [-0.39, 0.29) is 0 Å². The molecule has 0 unspecified atom stereocenters. The highest BCUT2D eigenvalue weighted by Crippen LogP contribution is 2.11. The van der Waals surface area contributed by atoms with Crippen LogP contribution in [0.25, 0.3) is 0 Å².